The van der Waals surface area contributed by atoms with Crippen LogP contribution in [0.4, 0.5) is 15.8 Å². The van der Waals surface area contributed by atoms with Crippen LogP contribution in [0.3, 0.4) is 0 Å². The number of hydrogen-bond donors (Lipinski definition) is 2. The quantitative estimate of drug-likeness (QED) is 0.840. The lowest BCUT2D eigenvalue weighted by Crippen LogP contribution is -2.20. The summed E-state index contributed by atoms with van der Waals surface area (Å²) in [5.74, 6) is -0.457. The third-order valence-electron chi connectivity index (χ3n) is 2.51. The third kappa shape index (κ3) is 4.24. The fraction of sp³-hybridized carbons (Fsp3) is 0.0714. The Morgan fingerprint density at radius 3 is 2.33 bits per heavy atom. The zero-order chi connectivity index (χ0) is 15.4. The summed E-state index contributed by atoms with van der Waals surface area (Å²) in [6.45, 7) is -0.261. The minimum Gasteiger partial charge on any atom is -0.484 e. The van der Waals surface area contributed by atoms with Crippen molar-refractivity contribution in [2.75, 3.05) is 17.7 Å². The van der Waals surface area contributed by atoms with Crippen LogP contribution in [0, 0.1) is 5.82 Å². The van der Waals surface area contributed by atoms with Gasteiger partial charge in [-0.3, -0.25) is 4.79 Å². The van der Waals surface area contributed by atoms with Crippen LogP contribution in [0.5, 0.6) is 5.75 Å². The van der Waals surface area contributed by atoms with Gasteiger partial charge in [0, 0.05) is 5.69 Å². The minimum atomic E-state index is -0.451. The standard InChI is InChI=1S/C14H11Cl2FN2O2/c15-11-5-9(18)6-12(16)14(11)19-13(20)7-21-10-3-1-8(17)2-4-10/h1-6H,7,18H2,(H,19,20). The van der Waals surface area contributed by atoms with Gasteiger partial charge in [0.2, 0.25) is 0 Å². The molecule has 0 radical (unpaired) electrons. The molecule has 110 valence electrons. The molecular weight excluding hydrogens is 318 g/mol. The molecule has 0 heterocycles. The Labute approximate surface area is 130 Å². The Morgan fingerprint density at radius 1 is 1.19 bits per heavy atom. The molecular formula is C14H11Cl2FN2O2. The average Bonchev–Trinajstić information content (AvgIpc) is 2.42. The SMILES string of the molecule is Nc1cc(Cl)c(NC(=O)COc2ccc(F)cc2)c(Cl)c1. The van der Waals surface area contributed by atoms with Gasteiger partial charge in [0.1, 0.15) is 11.6 Å². The lowest BCUT2D eigenvalue weighted by Gasteiger charge is -2.11. The summed E-state index contributed by atoms with van der Waals surface area (Å²) in [5, 5.41) is 2.99. The largest absolute Gasteiger partial charge is 0.484 e. The molecule has 0 atom stereocenters. The Bertz CT molecular complexity index is 640. The number of carbonyl (C=O) groups is 1. The molecule has 0 spiro atoms. The van der Waals surface area contributed by atoms with Crippen molar-refractivity contribution < 1.29 is 13.9 Å². The van der Waals surface area contributed by atoms with Crippen LogP contribution < -0.4 is 15.8 Å². The Hall–Kier alpha value is -1.98. The fourth-order valence-electron chi connectivity index (χ4n) is 1.57. The smallest absolute Gasteiger partial charge is 0.262 e. The van der Waals surface area contributed by atoms with Crippen LogP contribution in [0.2, 0.25) is 10.0 Å². The van der Waals surface area contributed by atoms with Crippen molar-refractivity contribution in [2.45, 2.75) is 0 Å². The number of rotatable bonds is 4. The van der Waals surface area contributed by atoms with E-state index in [-0.39, 0.29) is 28.2 Å². The van der Waals surface area contributed by atoms with Gasteiger partial charge in [-0.1, -0.05) is 23.2 Å². The molecule has 0 bridgehead atoms. The van der Waals surface area contributed by atoms with Crippen molar-refractivity contribution in [3.05, 3.63) is 52.3 Å². The predicted molar refractivity (Wildman–Crippen MR) is 81.4 cm³/mol. The van der Waals surface area contributed by atoms with Crippen molar-refractivity contribution in [3.8, 4) is 5.75 Å². The van der Waals surface area contributed by atoms with E-state index in [0.29, 0.717) is 11.4 Å². The molecule has 0 aromatic heterocycles. The summed E-state index contributed by atoms with van der Waals surface area (Å²) in [7, 11) is 0. The van der Waals surface area contributed by atoms with Gasteiger partial charge in [0.25, 0.3) is 5.91 Å². The summed E-state index contributed by atoms with van der Waals surface area (Å²) >= 11 is 11.9. The van der Waals surface area contributed by atoms with Gasteiger partial charge in [-0.05, 0) is 36.4 Å². The number of ether oxygens (including phenoxy) is 1. The van der Waals surface area contributed by atoms with Crippen molar-refractivity contribution in [1.29, 1.82) is 0 Å². The Morgan fingerprint density at radius 2 is 1.76 bits per heavy atom. The van der Waals surface area contributed by atoms with Gasteiger partial charge < -0.3 is 15.8 Å². The second-order valence-electron chi connectivity index (χ2n) is 4.15. The first-order valence-corrected chi connectivity index (χ1v) is 6.64. The maximum Gasteiger partial charge on any atom is 0.262 e. The van der Waals surface area contributed by atoms with Crippen LogP contribution in [0.15, 0.2) is 36.4 Å². The molecule has 0 aliphatic carbocycles. The number of nitrogen functional groups attached to an aromatic ring is 1. The predicted octanol–water partition coefficient (Wildman–Crippen LogP) is 3.73. The highest BCUT2D eigenvalue weighted by Crippen LogP contribution is 2.32. The highest BCUT2D eigenvalue weighted by Gasteiger charge is 2.11. The van der Waals surface area contributed by atoms with E-state index in [2.05, 4.69) is 5.32 Å². The normalized spacial score (nSPS) is 10.2. The summed E-state index contributed by atoms with van der Waals surface area (Å²) < 4.78 is 17.9. The van der Waals surface area contributed by atoms with E-state index < -0.39 is 5.91 Å². The topological polar surface area (TPSA) is 64.3 Å². The van der Waals surface area contributed by atoms with Crippen LogP contribution in [-0.4, -0.2) is 12.5 Å². The molecule has 0 aliphatic rings. The van der Waals surface area contributed by atoms with E-state index in [9.17, 15) is 9.18 Å². The molecule has 0 saturated carbocycles. The van der Waals surface area contributed by atoms with Crippen molar-refractivity contribution in [3.63, 3.8) is 0 Å². The van der Waals surface area contributed by atoms with Gasteiger partial charge in [0.05, 0.1) is 15.7 Å². The van der Waals surface area contributed by atoms with E-state index in [1.54, 1.807) is 0 Å². The molecule has 21 heavy (non-hydrogen) atoms. The molecule has 0 unspecified atom stereocenters. The van der Waals surface area contributed by atoms with E-state index >= 15 is 0 Å². The van der Waals surface area contributed by atoms with Gasteiger partial charge in [0.15, 0.2) is 6.61 Å². The van der Waals surface area contributed by atoms with Crippen molar-refractivity contribution >= 4 is 40.5 Å². The lowest BCUT2D eigenvalue weighted by atomic mass is 10.3. The molecule has 2 rings (SSSR count). The zero-order valence-corrected chi connectivity index (χ0v) is 12.2. The zero-order valence-electron chi connectivity index (χ0n) is 10.7. The first kappa shape index (κ1) is 15.4. The molecule has 0 fully saturated rings. The molecule has 1 amide bonds. The fourth-order valence-corrected chi connectivity index (χ4v) is 2.17. The summed E-state index contributed by atoms with van der Waals surface area (Å²) in [5.41, 5.74) is 6.23. The molecule has 2 aromatic rings. The number of halogens is 3. The van der Waals surface area contributed by atoms with E-state index in [1.165, 1.54) is 36.4 Å². The van der Waals surface area contributed by atoms with Gasteiger partial charge in [-0.25, -0.2) is 4.39 Å². The monoisotopic (exact) mass is 328 g/mol. The number of amides is 1. The number of anilines is 2. The van der Waals surface area contributed by atoms with Crippen molar-refractivity contribution in [2.24, 2.45) is 0 Å². The number of carbonyl (C=O) groups excluding carboxylic acids is 1. The molecule has 3 N–H and O–H groups in total. The van der Waals surface area contributed by atoms with Crippen molar-refractivity contribution in [1.82, 2.24) is 0 Å². The van der Waals surface area contributed by atoms with Crippen LogP contribution in [-0.2, 0) is 4.79 Å². The number of nitrogens with two attached hydrogens (primary N) is 1. The first-order chi connectivity index (χ1) is 9.95. The van der Waals surface area contributed by atoms with Crippen LogP contribution >= 0.6 is 23.2 Å². The third-order valence-corrected chi connectivity index (χ3v) is 3.11. The number of hydrogen-bond acceptors (Lipinski definition) is 3. The lowest BCUT2D eigenvalue weighted by molar-refractivity contribution is -0.118. The Kier molecular flexibility index (Phi) is 4.88. The molecule has 4 nitrogen and oxygen atoms in total. The van der Waals surface area contributed by atoms with Gasteiger partial charge in [-0.15, -0.1) is 0 Å². The summed E-state index contributed by atoms with van der Waals surface area (Å²) in [4.78, 5) is 11.8. The molecule has 7 heteroatoms. The van der Waals surface area contributed by atoms with E-state index in [0.717, 1.165) is 0 Å². The maximum absolute atomic E-state index is 12.7. The van der Waals surface area contributed by atoms with Crippen LogP contribution in [0.25, 0.3) is 0 Å². The van der Waals surface area contributed by atoms with Gasteiger partial charge >= 0.3 is 0 Å². The average molecular weight is 329 g/mol. The summed E-state index contributed by atoms with van der Waals surface area (Å²) in [6.07, 6.45) is 0. The van der Waals surface area contributed by atoms with Crippen LogP contribution in [0.1, 0.15) is 0 Å². The van der Waals surface area contributed by atoms with Gasteiger partial charge in [-0.2, -0.15) is 0 Å². The highest BCUT2D eigenvalue weighted by molar-refractivity contribution is 6.40. The second-order valence-corrected chi connectivity index (χ2v) is 4.96. The summed E-state index contributed by atoms with van der Waals surface area (Å²) in [6, 6.07) is 8.27. The minimum absolute atomic E-state index is 0.232. The van der Waals surface area contributed by atoms with E-state index in [4.69, 9.17) is 33.7 Å². The number of benzene rings is 2. The molecule has 2 aromatic carbocycles. The molecule has 0 saturated heterocycles. The second kappa shape index (κ2) is 6.65. The first-order valence-electron chi connectivity index (χ1n) is 5.88. The van der Waals surface area contributed by atoms with E-state index in [1.807, 2.05) is 0 Å². The number of nitrogens with one attached hydrogen (secondary N) is 1. The highest BCUT2D eigenvalue weighted by atomic mass is 35.5. The molecule has 0 aliphatic heterocycles. The maximum atomic E-state index is 12.7. The Balaban J connectivity index is 1.97.